The quantitative estimate of drug-likeness (QED) is 0.471. The number of nitrogens with zero attached hydrogens (tertiary/aromatic N) is 3. The summed E-state index contributed by atoms with van der Waals surface area (Å²) in [7, 11) is 1.65. The van der Waals surface area contributed by atoms with Gasteiger partial charge in [-0.15, -0.1) is 0 Å². The molecule has 1 N–H and O–H groups in total. The summed E-state index contributed by atoms with van der Waals surface area (Å²) in [5, 5.41) is 3.21. The number of halogens is 2. The minimum absolute atomic E-state index is 0.116. The van der Waals surface area contributed by atoms with Gasteiger partial charge in [0.1, 0.15) is 11.6 Å². The highest BCUT2D eigenvalue weighted by Crippen LogP contribution is 2.27. The summed E-state index contributed by atoms with van der Waals surface area (Å²) in [6.45, 7) is 2.21. The van der Waals surface area contributed by atoms with Gasteiger partial charge in [-0.1, -0.05) is 30.3 Å². The Labute approximate surface area is 183 Å². The Morgan fingerprint density at radius 3 is 2.53 bits per heavy atom. The van der Waals surface area contributed by atoms with Gasteiger partial charge in [-0.3, -0.25) is 4.79 Å². The zero-order valence-electron chi connectivity index (χ0n) is 17.5. The average molecular weight is 434 g/mol. The first kappa shape index (κ1) is 21.2. The lowest BCUT2D eigenvalue weighted by atomic mass is 10.1. The molecule has 0 unspecified atom stereocenters. The van der Waals surface area contributed by atoms with Crippen molar-refractivity contribution in [3.05, 3.63) is 100.0 Å². The van der Waals surface area contributed by atoms with E-state index in [-0.39, 0.29) is 17.3 Å². The van der Waals surface area contributed by atoms with E-state index in [0.29, 0.717) is 29.2 Å². The predicted molar refractivity (Wildman–Crippen MR) is 118 cm³/mol. The normalized spacial score (nSPS) is 10.8. The smallest absolute Gasteiger partial charge is 0.324 e. The lowest BCUT2D eigenvalue weighted by Gasteiger charge is -2.12. The minimum Gasteiger partial charge on any atom is -0.421 e. The first-order valence-electron chi connectivity index (χ1n) is 9.86. The zero-order valence-corrected chi connectivity index (χ0v) is 17.5. The molecule has 0 aliphatic carbocycles. The van der Waals surface area contributed by atoms with Crippen LogP contribution in [0.3, 0.4) is 0 Å². The summed E-state index contributed by atoms with van der Waals surface area (Å²) in [4.78, 5) is 20.8. The van der Waals surface area contributed by atoms with Crippen LogP contribution in [0.1, 0.15) is 11.1 Å². The Balaban J connectivity index is 1.73. The maximum atomic E-state index is 14.1. The standard InChI is InChI=1S/C24H20F2N4O2/c1-15-10-17(14-30(2)23(15)31)20-12-22(27-13-16-6-4-3-5-7-16)29-24(28-20)32-21-9-8-18(25)11-19(21)26/h3-12,14H,13H2,1-2H3,(H,27,28,29). The molecule has 0 amide bonds. The molecule has 0 spiro atoms. The molecule has 162 valence electrons. The molecule has 2 aromatic carbocycles. The first-order valence-corrected chi connectivity index (χ1v) is 9.86. The lowest BCUT2D eigenvalue weighted by Crippen LogP contribution is -2.18. The molecule has 0 radical (unpaired) electrons. The molecular formula is C24H20F2N4O2. The Morgan fingerprint density at radius 1 is 1.03 bits per heavy atom. The lowest BCUT2D eigenvalue weighted by molar-refractivity contribution is 0.409. The number of hydrogen-bond acceptors (Lipinski definition) is 5. The second kappa shape index (κ2) is 8.97. The second-order valence-corrected chi connectivity index (χ2v) is 7.26. The van der Waals surface area contributed by atoms with Crippen LogP contribution in [-0.4, -0.2) is 14.5 Å². The van der Waals surface area contributed by atoms with Crippen molar-refractivity contribution in [2.75, 3.05) is 5.32 Å². The summed E-state index contributed by atoms with van der Waals surface area (Å²) in [6.07, 6.45) is 1.65. The number of nitrogens with one attached hydrogen (secondary N) is 1. The third-order valence-electron chi connectivity index (χ3n) is 4.78. The molecule has 6 nitrogen and oxygen atoms in total. The number of aromatic nitrogens is 3. The molecule has 0 aliphatic rings. The number of anilines is 1. The molecule has 4 rings (SSSR count). The van der Waals surface area contributed by atoms with E-state index in [0.717, 1.165) is 17.7 Å². The largest absolute Gasteiger partial charge is 0.421 e. The number of rotatable bonds is 6. The van der Waals surface area contributed by atoms with Crippen LogP contribution in [0.4, 0.5) is 14.6 Å². The van der Waals surface area contributed by atoms with Crippen LogP contribution in [0, 0.1) is 18.6 Å². The van der Waals surface area contributed by atoms with Crippen molar-refractivity contribution in [3.63, 3.8) is 0 Å². The van der Waals surface area contributed by atoms with Gasteiger partial charge < -0.3 is 14.6 Å². The number of aryl methyl sites for hydroxylation is 2. The minimum atomic E-state index is -0.865. The van der Waals surface area contributed by atoms with Crippen LogP contribution in [0.15, 0.2) is 71.7 Å². The van der Waals surface area contributed by atoms with Crippen molar-refractivity contribution in [3.8, 4) is 23.0 Å². The highest BCUT2D eigenvalue weighted by Gasteiger charge is 2.13. The van der Waals surface area contributed by atoms with Crippen LogP contribution in [-0.2, 0) is 13.6 Å². The number of benzene rings is 2. The molecule has 2 aromatic heterocycles. The maximum Gasteiger partial charge on any atom is 0.324 e. The summed E-state index contributed by atoms with van der Waals surface area (Å²) in [6, 6.07) is 16.0. The molecule has 0 bridgehead atoms. The third-order valence-corrected chi connectivity index (χ3v) is 4.78. The number of pyridine rings is 1. The molecule has 0 saturated heterocycles. The van der Waals surface area contributed by atoms with Gasteiger partial charge in [0.05, 0.1) is 5.69 Å². The van der Waals surface area contributed by atoms with Gasteiger partial charge in [0.25, 0.3) is 5.56 Å². The van der Waals surface area contributed by atoms with Crippen LogP contribution < -0.4 is 15.6 Å². The Kier molecular flexibility index (Phi) is 5.93. The van der Waals surface area contributed by atoms with Gasteiger partial charge in [-0.2, -0.15) is 9.97 Å². The fourth-order valence-corrected chi connectivity index (χ4v) is 3.17. The zero-order chi connectivity index (χ0) is 22.7. The van der Waals surface area contributed by atoms with E-state index in [2.05, 4.69) is 15.3 Å². The molecule has 2 heterocycles. The third kappa shape index (κ3) is 4.80. The molecule has 0 aliphatic heterocycles. The fourth-order valence-electron chi connectivity index (χ4n) is 3.17. The van der Waals surface area contributed by atoms with E-state index in [1.165, 1.54) is 10.6 Å². The van der Waals surface area contributed by atoms with Crippen molar-refractivity contribution >= 4 is 5.82 Å². The maximum absolute atomic E-state index is 14.1. The van der Waals surface area contributed by atoms with E-state index in [1.807, 2.05) is 30.3 Å². The van der Waals surface area contributed by atoms with Crippen LogP contribution in [0.25, 0.3) is 11.3 Å². The summed E-state index contributed by atoms with van der Waals surface area (Å²) in [5.74, 6) is -1.33. The van der Waals surface area contributed by atoms with Crippen molar-refractivity contribution < 1.29 is 13.5 Å². The van der Waals surface area contributed by atoms with Gasteiger partial charge in [-0.05, 0) is 30.7 Å². The fraction of sp³-hybridized carbons (Fsp3) is 0.125. The molecule has 0 saturated carbocycles. The van der Waals surface area contributed by atoms with Gasteiger partial charge in [-0.25, -0.2) is 8.78 Å². The van der Waals surface area contributed by atoms with E-state index < -0.39 is 11.6 Å². The second-order valence-electron chi connectivity index (χ2n) is 7.26. The van der Waals surface area contributed by atoms with Crippen molar-refractivity contribution in [2.45, 2.75) is 13.5 Å². The molecule has 0 atom stereocenters. The van der Waals surface area contributed by atoms with E-state index >= 15 is 0 Å². The van der Waals surface area contributed by atoms with Gasteiger partial charge in [0.15, 0.2) is 11.6 Å². The first-order chi connectivity index (χ1) is 15.4. The number of hydrogen-bond donors (Lipinski definition) is 1. The molecule has 0 fully saturated rings. The van der Waals surface area contributed by atoms with E-state index in [1.54, 1.807) is 32.3 Å². The Morgan fingerprint density at radius 2 is 1.81 bits per heavy atom. The predicted octanol–water partition coefficient (Wildman–Crippen LogP) is 4.83. The Hall–Kier alpha value is -4.07. The average Bonchev–Trinajstić information content (AvgIpc) is 2.78. The molecule has 32 heavy (non-hydrogen) atoms. The van der Waals surface area contributed by atoms with Crippen molar-refractivity contribution in [1.29, 1.82) is 0 Å². The van der Waals surface area contributed by atoms with E-state index in [4.69, 9.17) is 4.74 Å². The number of ether oxygens (including phenoxy) is 1. The Bertz CT molecular complexity index is 1300. The topological polar surface area (TPSA) is 69.0 Å². The highest BCUT2D eigenvalue weighted by molar-refractivity contribution is 5.63. The summed E-state index contributed by atoms with van der Waals surface area (Å²) < 4.78 is 34.3. The highest BCUT2D eigenvalue weighted by atomic mass is 19.1. The van der Waals surface area contributed by atoms with E-state index in [9.17, 15) is 13.6 Å². The van der Waals surface area contributed by atoms with Crippen LogP contribution >= 0.6 is 0 Å². The van der Waals surface area contributed by atoms with Crippen molar-refractivity contribution in [1.82, 2.24) is 14.5 Å². The molecular weight excluding hydrogens is 414 g/mol. The summed E-state index contributed by atoms with van der Waals surface area (Å²) >= 11 is 0. The molecule has 8 heteroatoms. The van der Waals surface area contributed by atoms with Gasteiger partial charge in [0, 0.05) is 43.0 Å². The van der Waals surface area contributed by atoms with Crippen LogP contribution in [0.5, 0.6) is 11.8 Å². The van der Waals surface area contributed by atoms with Crippen LogP contribution in [0.2, 0.25) is 0 Å². The summed E-state index contributed by atoms with van der Waals surface area (Å²) in [5.41, 5.74) is 2.62. The van der Waals surface area contributed by atoms with Crippen molar-refractivity contribution in [2.24, 2.45) is 7.05 Å². The van der Waals surface area contributed by atoms with Gasteiger partial charge >= 0.3 is 6.01 Å². The molecule has 4 aromatic rings. The monoisotopic (exact) mass is 434 g/mol. The SMILES string of the molecule is Cc1cc(-c2cc(NCc3ccccc3)nc(Oc3ccc(F)cc3F)n2)cn(C)c1=O. The van der Waals surface area contributed by atoms with Gasteiger partial charge in [0.2, 0.25) is 0 Å².